The standard InChI is InChI=1S/C18H28N2O3/c1-15(2)16-3-5-17(6-4-16)18(22)20(9-12-21)8-7-19-10-13-23-14-11-19/h3-6,15,21H,7-14H2,1-2H3. The molecule has 23 heavy (non-hydrogen) atoms. The zero-order chi connectivity index (χ0) is 16.7. The van der Waals surface area contributed by atoms with Crippen LogP contribution in [0.1, 0.15) is 35.7 Å². The second-order valence-electron chi connectivity index (χ2n) is 6.25. The van der Waals surface area contributed by atoms with Crippen LogP contribution in [0.15, 0.2) is 24.3 Å². The quantitative estimate of drug-likeness (QED) is 0.829. The molecule has 1 saturated heterocycles. The first-order valence-corrected chi connectivity index (χ1v) is 8.42. The van der Waals surface area contributed by atoms with Gasteiger partial charge in [0, 0.05) is 38.3 Å². The van der Waals surface area contributed by atoms with Gasteiger partial charge in [0.1, 0.15) is 0 Å². The van der Waals surface area contributed by atoms with Gasteiger partial charge in [0.15, 0.2) is 0 Å². The van der Waals surface area contributed by atoms with Gasteiger partial charge in [-0.1, -0.05) is 26.0 Å². The molecule has 1 aliphatic heterocycles. The monoisotopic (exact) mass is 320 g/mol. The van der Waals surface area contributed by atoms with Gasteiger partial charge in [-0.15, -0.1) is 0 Å². The fourth-order valence-electron chi connectivity index (χ4n) is 2.72. The van der Waals surface area contributed by atoms with Crippen LogP contribution in [-0.2, 0) is 4.74 Å². The number of amides is 1. The first-order valence-electron chi connectivity index (χ1n) is 8.42. The minimum absolute atomic E-state index is 0.0115. The van der Waals surface area contributed by atoms with E-state index in [1.54, 1.807) is 4.90 Å². The normalized spacial score (nSPS) is 15.8. The number of hydrogen-bond donors (Lipinski definition) is 1. The van der Waals surface area contributed by atoms with Crippen molar-refractivity contribution in [3.63, 3.8) is 0 Å². The summed E-state index contributed by atoms with van der Waals surface area (Å²) in [6.07, 6.45) is 0. The molecule has 1 aliphatic rings. The van der Waals surface area contributed by atoms with Crippen LogP contribution in [0, 0.1) is 0 Å². The first kappa shape index (κ1) is 17.9. The van der Waals surface area contributed by atoms with Crippen molar-refractivity contribution in [2.75, 3.05) is 52.5 Å². The van der Waals surface area contributed by atoms with Crippen LogP contribution in [0.2, 0.25) is 0 Å². The highest BCUT2D eigenvalue weighted by molar-refractivity contribution is 5.94. The molecule has 1 aromatic carbocycles. The highest BCUT2D eigenvalue weighted by atomic mass is 16.5. The van der Waals surface area contributed by atoms with Crippen LogP contribution in [0.3, 0.4) is 0 Å². The molecule has 0 unspecified atom stereocenters. The van der Waals surface area contributed by atoms with Crippen LogP contribution >= 0.6 is 0 Å². The number of ether oxygens (including phenoxy) is 1. The predicted octanol–water partition coefficient (Wildman–Crippen LogP) is 1.58. The van der Waals surface area contributed by atoms with Crippen molar-refractivity contribution < 1.29 is 14.6 Å². The van der Waals surface area contributed by atoms with Crippen molar-refractivity contribution in [3.05, 3.63) is 35.4 Å². The molecule has 0 bridgehead atoms. The number of hydrogen-bond acceptors (Lipinski definition) is 4. The van der Waals surface area contributed by atoms with Crippen molar-refractivity contribution in [2.45, 2.75) is 19.8 Å². The van der Waals surface area contributed by atoms with Crippen molar-refractivity contribution >= 4 is 5.91 Å². The summed E-state index contributed by atoms with van der Waals surface area (Å²) in [6, 6.07) is 7.79. The molecule has 0 saturated carbocycles. The Morgan fingerprint density at radius 2 is 1.87 bits per heavy atom. The molecule has 0 aromatic heterocycles. The van der Waals surface area contributed by atoms with E-state index in [1.165, 1.54) is 5.56 Å². The summed E-state index contributed by atoms with van der Waals surface area (Å²) < 4.78 is 5.34. The summed E-state index contributed by atoms with van der Waals surface area (Å²) in [6.45, 7) is 9.40. The molecular formula is C18H28N2O3. The Kier molecular flexibility index (Phi) is 7.02. The molecule has 1 heterocycles. The van der Waals surface area contributed by atoms with Crippen molar-refractivity contribution in [2.24, 2.45) is 0 Å². The average molecular weight is 320 g/mol. The molecule has 0 aliphatic carbocycles. The fourth-order valence-corrected chi connectivity index (χ4v) is 2.72. The Balaban J connectivity index is 1.96. The van der Waals surface area contributed by atoms with Gasteiger partial charge >= 0.3 is 0 Å². The maximum Gasteiger partial charge on any atom is 0.253 e. The summed E-state index contributed by atoms with van der Waals surface area (Å²) in [5.41, 5.74) is 1.91. The Labute approximate surface area is 138 Å². The van der Waals surface area contributed by atoms with Crippen LogP contribution in [0.25, 0.3) is 0 Å². The van der Waals surface area contributed by atoms with Crippen molar-refractivity contribution in [1.82, 2.24) is 9.80 Å². The number of aliphatic hydroxyl groups excluding tert-OH is 1. The number of nitrogens with zero attached hydrogens (tertiary/aromatic N) is 2. The highest BCUT2D eigenvalue weighted by Crippen LogP contribution is 2.15. The molecule has 1 aromatic rings. The lowest BCUT2D eigenvalue weighted by atomic mass is 10.0. The second-order valence-corrected chi connectivity index (χ2v) is 6.25. The summed E-state index contributed by atoms with van der Waals surface area (Å²) >= 11 is 0. The number of morpholine rings is 1. The summed E-state index contributed by atoms with van der Waals surface area (Å²) in [5.74, 6) is 0.441. The third-order valence-corrected chi connectivity index (χ3v) is 4.27. The van der Waals surface area contributed by atoms with E-state index < -0.39 is 0 Å². The van der Waals surface area contributed by atoms with Crippen LogP contribution in [-0.4, -0.2) is 73.4 Å². The predicted molar refractivity (Wildman–Crippen MR) is 90.8 cm³/mol. The maximum atomic E-state index is 12.7. The minimum Gasteiger partial charge on any atom is -0.395 e. The van der Waals surface area contributed by atoms with E-state index in [4.69, 9.17) is 4.74 Å². The topological polar surface area (TPSA) is 53.0 Å². The van der Waals surface area contributed by atoms with E-state index in [2.05, 4.69) is 18.7 Å². The Morgan fingerprint density at radius 1 is 1.22 bits per heavy atom. The summed E-state index contributed by atoms with van der Waals surface area (Å²) in [7, 11) is 0. The Hall–Kier alpha value is -1.43. The molecule has 1 fully saturated rings. The number of benzene rings is 1. The van der Waals surface area contributed by atoms with Gasteiger partial charge in [-0.3, -0.25) is 9.69 Å². The molecule has 0 spiro atoms. The van der Waals surface area contributed by atoms with Crippen LogP contribution in [0.5, 0.6) is 0 Å². The molecule has 1 N–H and O–H groups in total. The molecule has 1 amide bonds. The SMILES string of the molecule is CC(C)c1ccc(C(=O)N(CCO)CCN2CCOCC2)cc1. The van der Waals surface area contributed by atoms with Gasteiger partial charge < -0.3 is 14.7 Å². The molecule has 5 heteroatoms. The zero-order valence-electron chi connectivity index (χ0n) is 14.2. The van der Waals surface area contributed by atoms with E-state index in [9.17, 15) is 9.90 Å². The van der Waals surface area contributed by atoms with E-state index in [0.29, 0.717) is 24.6 Å². The lowest BCUT2D eigenvalue weighted by Gasteiger charge is -2.30. The second kappa shape index (κ2) is 9.01. The molecular weight excluding hydrogens is 292 g/mol. The van der Waals surface area contributed by atoms with Crippen LogP contribution in [0.4, 0.5) is 0 Å². The minimum atomic E-state index is -0.0150. The van der Waals surface area contributed by atoms with Gasteiger partial charge in [-0.05, 0) is 23.6 Å². The Bertz CT molecular complexity index is 482. The number of rotatable bonds is 7. The van der Waals surface area contributed by atoms with E-state index in [1.807, 2.05) is 24.3 Å². The molecule has 0 atom stereocenters. The summed E-state index contributed by atoms with van der Waals surface area (Å²) in [5, 5.41) is 9.26. The van der Waals surface area contributed by atoms with Gasteiger partial charge in [-0.2, -0.15) is 0 Å². The molecule has 0 radical (unpaired) electrons. The summed E-state index contributed by atoms with van der Waals surface area (Å²) in [4.78, 5) is 16.7. The lowest BCUT2D eigenvalue weighted by molar-refractivity contribution is 0.0315. The number of carbonyl (C=O) groups excluding carboxylic acids is 1. The lowest BCUT2D eigenvalue weighted by Crippen LogP contribution is -2.43. The van der Waals surface area contributed by atoms with E-state index >= 15 is 0 Å². The first-order chi connectivity index (χ1) is 11.1. The van der Waals surface area contributed by atoms with Gasteiger partial charge in [-0.25, -0.2) is 0 Å². The smallest absolute Gasteiger partial charge is 0.253 e. The number of carbonyl (C=O) groups is 1. The average Bonchev–Trinajstić information content (AvgIpc) is 2.59. The van der Waals surface area contributed by atoms with E-state index in [-0.39, 0.29) is 12.5 Å². The Morgan fingerprint density at radius 3 is 2.43 bits per heavy atom. The van der Waals surface area contributed by atoms with Crippen LogP contribution < -0.4 is 0 Å². The van der Waals surface area contributed by atoms with Gasteiger partial charge in [0.2, 0.25) is 0 Å². The molecule has 5 nitrogen and oxygen atoms in total. The van der Waals surface area contributed by atoms with E-state index in [0.717, 1.165) is 32.8 Å². The largest absolute Gasteiger partial charge is 0.395 e. The molecule has 2 rings (SSSR count). The van der Waals surface area contributed by atoms with Crippen molar-refractivity contribution in [3.8, 4) is 0 Å². The van der Waals surface area contributed by atoms with Gasteiger partial charge in [0.05, 0.1) is 19.8 Å². The number of aliphatic hydroxyl groups is 1. The fraction of sp³-hybridized carbons (Fsp3) is 0.611. The van der Waals surface area contributed by atoms with Gasteiger partial charge in [0.25, 0.3) is 5.91 Å². The van der Waals surface area contributed by atoms with Crippen molar-refractivity contribution in [1.29, 1.82) is 0 Å². The molecule has 128 valence electrons. The maximum absolute atomic E-state index is 12.7. The highest BCUT2D eigenvalue weighted by Gasteiger charge is 2.18. The third-order valence-electron chi connectivity index (χ3n) is 4.27. The third kappa shape index (κ3) is 5.30. The zero-order valence-corrected chi connectivity index (χ0v) is 14.2.